The fraction of sp³-hybridized carbons (Fsp3) is 0.867. The first kappa shape index (κ1) is 27.8. The molecule has 218 valence electrons. The first-order valence-corrected chi connectivity index (χ1v) is 14.8. The lowest BCUT2D eigenvalue weighted by Crippen LogP contribution is -2.69. The molecule has 12 atom stereocenters. The number of ether oxygens (including phenoxy) is 4. The Morgan fingerprint density at radius 2 is 1.85 bits per heavy atom. The van der Waals surface area contributed by atoms with Crippen LogP contribution in [0.2, 0.25) is 0 Å². The van der Waals surface area contributed by atoms with Crippen LogP contribution >= 0.6 is 0 Å². The Morgan fingerprint density at radius 3 is 2.54 bits per heavy atom. The number of methoxy groups -OCH3 is 1. The molecule has 3 N–H and O–H groups in total. The maximum Gasteiger partial charge on any atom is 0.331 e. The largest absolute Gasteiger partial charge is 0.458 e. The number of esters is 1. The van der Waals surface area contributed by atoms with E-state index in [1.165, 1.54) is 0 Å². The zero-order valence-corrected chi connectivity index (χ0v) is 23.3. The fourth-order valence-electron chi connectivity index (χ4n) is 9.98. The SMILES string of the molecule is CO[C@@H]1C[C@H](O[C@H]2CC[C@]3(C=O)[C@H]4CC[C@]5(C)[C@@H](C6=CC(=O)OC6)CC[C@@]5(O)[C@@H]4CC[C@]3(O)C2)O[C@@H](C)[C@H]1O. The van der Waals surface area contributed by atoms with Crippen molar-refractivity contribution in [3.8, 4) is 0 Å². The highest BCUT2D eigenvalue weighted by Crippen LogP contribution is 2.70. The normalized spacial score (nSPS) is 53.3. The summed E-state index contributed by atoms with van der Waals surface area (Å²) in [6, 6.07) is 0. The van der Waals surface area contributed by atoms with Gasteiger partial charge in [-0.05, 0) is 81.6 Å². The van der Waals surface area contributed by atoms with Crippen molar-refractivity contribution in [2.24, 2.45) is 28.6 Å². The molecule has 4 aliphatic carbocycles. The third kappa shape index (κ3) is 3.94. The molecular formula is C30H44O9. The highest BCUT2D eigenvalue weighted by Gasteiger charge is 2.71. The number of carbonyl (C=O) groups is 2. The summed E-state index contributed by atoms with van der Waals surface area (Å²) in [5.41, 5.74) is -2.52. The topological polar surface area (TPSA) is 132 Å². The van der Waals surface area contributed by atoms with Gasteiger partial charge in [-0.1, -0.05) is 6.92 Å². The first-order chi connectivity index (χ1) is 18.5. The van der Waals surface area contributed by atoms with E-state index in [1.54, 1.807) is 20.1 Å². The van der Waals surface area contributed by atoms with E-state index >= 15 is 0 Å². The minimum Gasteiger partial charge on any atom is -0.458 e. The van der Waals surface area contributed by atoms with Crippen LogP contribution in [0.15, 0.2) is 11.6 Å². The van der Waals surface area contributed by atoms with Gasteiger partial charge >= 0.3 is 5.97 Å². The van der Waals surface area contributed by atoms with Crippen LogP contribution in [0.3, 0.4) is 0 Å². The smallest absolute Gasteiger partial charge is 0.331 e. The van der Waals surface area contributed by atoms with Gasteiger partial charge in [0.2, 0.25) is 0 Å². The molecule has 0 unspecified atom stereocenters. The molecule has 0 bridgehead atoms. The average molecular weight is 549 g/mol. The van der Waals surface area contributed by atoms with Crippen LogP contribution in [0.1, 0.15) is 78.1 Å². The molecule has 5 fully saturated rings. The molecule has 1 saturated heterocycles. The average Bonchev–Trinajstić information content (AvgIpc) is 3.45. The second kappa shape index (κ2) is 9.60. The zero-order valence-electron chi connectivity index (χ0n) is 23.3. The van der Waals surface area contributed by atoms with Gasteiger partial charge in [-0.15, -0.1) is 0 Å². The molecule has 2 heterocycles. The van der Waals surface area contributed by atoms with E-state index in [1.807, 2.05) is 0 Å². The molecule has 0 amide bonds. The Morgan fingerprint density at radius 1 is 1.08 bits per heavy atom. The number of aliphatic hydroxyl groups is 3. The molecule has 0 aromatic heterocycles. The summed E-state index contributed by atoms with van der Waals surface area (Å²) in [4.78, 5) is 24.8. The van der Waals surface area contributed by atoms with E-state index in [-0.39, 0.29) is 35.9 Å². The second-order valence-electron chi connectivity index (χ2n) is 13.5. The standard InChI is InChI=1S/C30H44O9/c1-17-26(33)23(36-3)13-25(38-17)39-19-4-9-28(16-31)21-5-8-27(2)20(18-12-24(32)37-15-18)7-11-30(27,35)22(21)6-10-29(28,34)14-19/h12,16-17,19-23,25-26,33-35H,4-11,13-15H2,1-3H3/t17-,19-,20+,21-,22+,23+,25-,26+,27+,28-,29-,30+/m0/s1. The van der Waals surface area contributed by atoms with Crippen LogP contribution in [0.5, 0.6) is 0 Å². The van der Waals surface area contributed by atoms with Gasteiger partial charge in [0.15, 0.2) is 6.29 Å². The van der Waals surface area contributed by atoms with Gasteiger partial charge in [0, 0.05) is 31.4 Å². The monoisotopic (exact) mass is 548 g/mol. The van der Waals surface area contributed by atoms with Gasteiger partial charge < -0.3 is 39.1 Å². The van der Waals surface area contributed by atoms with E-state index in [2.05, 4.69) is 6.92 Å². The minimum absolute atomic E-state index is 0.0827. The predicted octanol–water partition coefficient (Wildman–Crippen LogP) is 2.43. The van der Waals surface area contributed by atoms with Crippen molar-refractivity contribution in [2.45, 2.75) is 120 Å². The molecule has 9 heteroatoms. The summed E-state index contributed by atoms with van der Waals surface area (Å²) in [6.07, 6.45) is 6.10. The Hall–Kier alpha value is -1.36. The van der Waals surface area contributed by atoms with Crippen LogP contribution in [-0.4, -0.2) is 83.2 Å². The van der Waals surface area contributed by atoms with Crippen molar-refractivity contribution < 1.29 is 43.9 Å². The molecule has 6 aliphatic rings. The first-order valence-electron chi connectivity index (χ1n) is 14.8. The van der Waals surface area contributed by atoms with Crippen LogP contribution in [0.25, 0.3) is 0 Å². The quantitative estimate of drug-likeness (QED) is 0.269. The number of aldehydes is 1. The van der Waals surface area contributed by atoms with Gasteiger partial charge in [0.1, 0.15) is 19.0 Å². The molecule has 6 rings (SSSR count). The number of hydrogen-bond acceptors (Lipinski definition) is 9. The Kier molecular flexibility index (Phi) is 6.84. The molecule has 0 aromatic carbocycles. The third-order valence-corrected chi connectivity index (χ3v) is 12.1. The van der Waals surface area contributed by atoms with Gasteiger partial charge in [0.25, 0.3) is 0 Å². The van der Waals surface area contributed by atoms with E-state index in [0.29, 0.717) is 51.6 Å². The van der Waals surface area contributed by atoms with E-state index in [0.717, 1.165) is 31.1 Å². The summed E-state index contributed by atoms with van der Waals surface area (Å²) < 4.78 is 22.9. The molecule has 9 nitrogen and oxygen atoms in total. The molecule has 0 aromatic rings. The molecule has 0 radical (unpaired) electrons. The molecule has 2 aliphatic heterocycles. The van der Waals surface area contributed by atoms with Gasteiger partial charge in [-0.3, -0.25) is 0 Å². The number of cyclic esters (lactones) is 1. The summed E-state index contributed by atoms with van der Waals surface area (Å²) in [7, 11) is 1.57. The zero-order chi connectivity index (χ0) is 27.8. The van der Waals surface area contributed by atoms with Crippen molar-refractivity contribution in [3.05, 3.63) is 11.6 Å². The Bertz CT molecular complexity index is 1030. The van der Waals surface area contributed by atoms with Crippen molar-refractivity contribution in [1.29, 1.82) is 0 Å². The van der Waals surface area contributed by atoms with Crippen LogP contribution in [0.4, 0.5) is 0 Å². The molecule has 4 saturated carbocycles. The number of aliphatic hydroxyl groups excluding tert-OH is 1. The Balaban J connectivity index is 1.21. The summed E-state index contributed by atoms with van der Waals surface area (Å²) in [6.45, 7) is 4.25. The van der Waals surface area contributed by atoms with Crippen molar-refractivity contribution in [2.75, 3.05) is 13.7 Å². The van der Waals surface area contributed by atoms with E-state index in [4.69, 9.17) is 18.9 Å². The maximum atomic E-state index is 13.0. The Labute approximate surface area is 230 Å². The number of hydrogen-bond donors (Lipinski definition) is 3. The van der Waals surface area contributed by atoms with E-state index in [9.17, 15) is 24.9 Å². The summed E-state index contributed by atoms with van der Waals surface area (Å²) in [5.74, 6) is -0.420. The minimum atomic E-state index is -1.21. The number of rotatable bonds is 5. The predicted molar refractivity (Wildman–Crippen MR) is 138 cm³/mol. The van der Waals surface area contributed by atoms with Gasteiger partial charge in [0.05, 0.1) is 34.9 Å². The van der Waals surface area contributed by atoms with Crippen LogP contribution in [0, 0.1) is 28.6 Å². The van der Waals surface area contributed by atoms with Crippen molar-refractivity contribution in [1.82, 2.24) is 0 Å². The number of carbonyl (C=O) groups excluding carboxylic acids is 2. The highest BCUT2D eigenvalue weighted by atomic mass is 16.7. The third-order valence-electron chi connectivity index (χ3n) is 12.1. The molecule has 0 spiro atoms. The fourth-order valence-corrected chi connectivity index (χ4v) is 9.98. The second-order valence-corrected chi connectivity index (χ2v) is 13.5. The summed E-state index contributed by atoms with van der Waals surface area (Å²) in [5, 5.41) is 34.8. The molecule has 39 heavy (non-hydrogen) atoms. The van der Waals surface area contributed by atoms with Gasteiger partial charge in [-0.25, -0.2) is 4.79 Å². The van der Waals surface area contributed by atoms with Gasteiger partial charge in [-0.2, -0.15) is 0 Å². The number of fused-ring (bicyclic) bond motifs is 5. The van der Waals surface area contributed by atoms with Crippen molar-refractivity contribution in [3.63, 3.8) is 0 Å². The summed E-state index contributed by atoms with van der Waals surface area (Å²) >= 11 is 0. The maximum absolute atomic E-state index is 13.0. The van der Waals surface area contributed by atoms with E-state index < -0.39 is 40.5 Å². The lowest BCUT2D eigenvalue weighted by atomic mass is 9.41. The van der Waals surface area contributed by atoms with Crippen LogP contribution < -0.4 is 0 Å². The lowest BCUT2D eigenvalue weighted by Gasteiger charge is -2.65. The molecular weight excluding hydrogens is 504 g/mol. The van der Waals surface area contributed by atoms with Crippen LogP contribution in [-0.2, 0) is 28.5 Å². The van der Waals surface area contributed by atoms with Crippen molar-refractivity contribution >= 4 is 12.3 Å². The highest BCUT2D eigenvalue weighted by molar-refractivity contribution is 5.85. The lowest BCUT2D eigenvalue weighted by molar-refractivity contribution is -0.287.